The van der Waals surface area contributed by atoms with E-state index in [4.69, 9.17) is 10.5 Å². The highest BCUT2D eigenvalue weighted by Crippen LogP contribution is 2.11. The molecule has 0 unspecified atom stereocenters. The predicted molar refractivity (Wildman–Crippen MR) is 102 cm³/mol. The molecule has 0 bridgehead atoms. The van der Waals surface area contributed by atoms with E-state index in [9.17, 15) is 9.59 Å². The maximum Gasteiger partial charge on any atom is 0.418 e. The summed E-state index contributed by atoms with van der Waals surface area (Å²) in [5, 5.41) is 0. The summed E-state index contributed by atoms with van der Waals surface area (Å²) < 4.78 is 5.25. The fraction of sp³-hybridized carbons (Fsp3) is 0.143. The van der Waals surface area contributed by atoms with Crippen LogP contribution in [0.5, 0.6) is 0 Å². The van der Waals surface area contributed by atoms with E-state index in [1.54, 1.807) is 0 Å². The number of nitrogens with zero attached hydrogens (tertiary/aromatic N) is 2. The molecule has 0 radical (unpaired) electrons. The molecule has 2 N–H and O–H groups in total. The van der Waals surface area contributed by atoms with Crippen LogP contribution in [0.2, 0.25) is 0 Å². The van der Waals surface area contributed by atoms with Gasteiger partial charge in [0.15, 0.2) is 0 Å². The number of amides is 2. The van der Waals surface area contributed by atoms with Crippen molar-refractivity contribution in [1.29, 1.82) is 0 Å². The summed E-state index contributed by atoms with van der Waals surface area (Å²) in [5.41, 5.74) is 7.92. The quantitative estimate of drug-likeness (QED) is 0.886. The van der Waals surface area contributed by atoms with Crippen LogP contribution in [0.3, 0.4) is 0 Å². The van der Waals surface area contributed by atoms with Gasteiger partial charge in [0.05, 0.1) is 6.04 Å². The lowest BCUT2D eigenvalue weighted by molar-refractivity contribution is -0.128. The van der Waals surface area contributed by atoms with Gasteiger partial charge in [-0.05, 0) is 17.5 Å². The minimum Gasteiger partial charge on any atom is -0.444 e. The first-order valence-corrected chi connectivity index (χ1v) is 8.61. The Morgan fingerprint density at radius 1 is 0.815 bits per heavy atom. The van der Waals surface area contributed by atoms with Gasteiger partial charge < -0.3 is 10.5 Å². The number of carbonyl (C=O) groups is 2. The highest BCUT2D eigenvalue weighted by atomic mass is 16.6. The number of benzene rings is 2. The molecule has 0 saturated heterocycles. The van der Waals surface area contributed by atoms with Crippen molar-refractivity contribution < 1.29 is 14.3 Å². The number of hydrogen-bond donors (Lipinski definition) is 1. The van der Waals surface area contributed by atoms with Crippen LogP contribution in [-0.2, 0) is 22.6 Å². The van der Waals surface area contributed by atoms with Gasteiger partial charge in [0.25, 0.3) is 0 Å². The molecule has 3 rings (SSSR count). The Bertz CT molecular complexity index is 820. The first kappa shape index (κ1) is 18.4. The lowest BCUT2D eigenvalue weighted by atomic mass is 10.1. The van der Waals surface area contributed by atoms with Crippen LogP contribution in [0.4, 0.5) is 4.79 Å². The number of nitrogens with two attached hydrogens (primary N) is 1. The van der Waals surface area contributed by atoms with E-state index < -0.39 is 12.1 Å². The lowest BCUT2D eigenvalue weighted by Gasteiger charge is -2.24. The van der Waals surface area contributed by atoms with Crippen LogP contribution in [0.15, 0.2) is 85.5 Å². The van der Waals surface area contributed by atoms with E-state index >= 15 is 0 Å². The monoisotopic (exact) mass is 363 g/mol. The molecule has 0 spiro atoms. The van der Waals surface area contributed by atoms with Crippen LogP contribution in [0, 0.1) is 0 Å². The molecule has 1 aliphatic rings. The average molecular weight is 363 g/mol. The summed E-state index contributed by atoms with van der Waals surface area (Å²) in [6.07, 6.45) is 5.86. The summed E-state index contributed by atoms with van der Waals surface area (Å²) in [6, 6.07) is 18.3. The first-order chi connectivity index (χ1) is 13.1. The van der Waals surface area contributed by atoms with Crippen molar-refractivity contribution in [2.45, 2.75) is 19.1 Å². The molecule has 0 fully saturated rings. The van der Waals surface area contributed by atoms with Crippen molar-refractivity contribution in [1.82, 2.24) is 9.80 Å². The molecule has 2 aromatic carbocycles. The highest BCUT2D eigenvalue weighted by molar-refractivity contribution is 5.84. The molecule has 6 nitrogen and oxygen atoms in total. The molecule has 1 atom stereocenters. The first-order valence-electron chi connectivity index (χ1n) is 8.61. The summed E-state index contributed by atoms with van der Waals surface area (Å²) >= 11 is 0. The Morgan fingerprint density at radius 3 is 1.93 bits per heavy atom. The van der Waals surface area contributed by atoms with Gasteiger partial charge in [-0.3, -0.25) is 14.6 Å². The maximum atomic E-state index is 12.5. The maximum absolute atomic E-state index is 12.5. The normalized spacial score (nSPS) is 14.1. The minimum atomic E-state index is -0.668. The van der Waals surface area contributed by atoms with E-state index in [1.807, 2.05) is 60.7 Å². The summed E-state index contributed by atoms with van der Waals surface area (Å²) in [6.45, 7) is 0.183. The standard InChI is InChI=1S/C21H21N3O3/c22-19(15-17-7-3-1-4-8-17)20(25)23-11-13-24(14-12-23)21(26)27-16-18-9-5-2-6-10-18/h1-14,19H,15-16,22H2/t19-/m0/s1. The lowest BCUT2D eigenvalue weighted by Crippen LogP contribution is -2.41. The Hall–Kier alpha value is -3.38. The summed E-state index contributed by atoms with van der Waals surface area (Å²) in [7, 11) is 0. The van der Waals surface area contributed by atoms with Crippen LogP contribution >= 0.6 is 0 Å². The molecule has 6 heteroatoms. The zero-order valence-corrected chi connectivity index (χ0v) is 14.8. The van der Waals surface area contributed by atoms with E-state index in [2.05, 4.69) is 0 Å². The molecule has 1 heterocycles. The van der Waals surface area contributed by atoms with Gasteiger partial charge in [-0.25, -0.2) is 4.79 Å². The van der Waals surface area contributed by atoms with Gasteiger partial charge in [-0.2, -0.15) is 0 Å². The molecule has 0 aromatic heterocycles. The summed E-state index contributed by atoms with van der Waals surface area (Å²) in [4.78, 5) is 27.2. The van der Waals surface area contributed by atoms with E-state index in [-0.39, 0.29) is 12.5 Å². The van der Waals surface area contributed by atoms with Gasteiger partial charge in [-0.1, -0.05) is 60.7 Å². The third-order valence-corrected chi connectivity index (χ3v) is 4.06. The van der Waals surface area contributed by atoms with E-state index in [0.29, 0.717) is 6.42 Å². The molecule has 27 heavy (non-hydrogen) atoms. The Balaban J connectivity index is 1.51. The topological polar surface area (TPSA) is 75.9 Å². The smallest absolute Gasteiger partial charge is 0.418 e. The Kier molecular flexibility index (Phi) is 6.02. The molecule has 2 amide bonds. The van der Waals surface area contributed by atoms with Crippen molar-refractivity contribution in [2.75, 3.05) is 0 Å². The van der Waals surface area contributed by atoms with Crippen molar-refractivity contribution in [3.63, 3.8) is 0 Å². The van der Waals surface area contributed by atoms with E-state index in [1.165, 1.54) is 34.6 Å². The fourth-order valence-electron chi connectivity index (χ4n) is 2.60. The number of ether oxygens (including phenoxy) is 1. The Labute approximate surface area is 158 Å². The van der Waals surface area contributed by atoms with Gasteiger partial charge in [0.2, 0.25) is 5.91 Å². The van der Waals surface area contributed by atoms with Crippen LogP contribution < -0.4 is 5.73 Å². The molecule has 0 aliphatic carbocycles. The molecule has 0 saturated carbocycles. The van der Waals surface area contributed by atoms with Crippen molar-refractivity contribution in [2.24, 2.45) is 5.73 Å². The largest absolute Gasteiger partial charge is 0.444 e. The summed E-state index contributed by atoms with van der Waals surface area (Å²) in [5.74, 6) is -0.247. The highest BCUT2D eigenvalue weighted by Gasteiger charge is 2.21. The zero-order chi connectivity index (χ0) is 19.1. The van der Waals surface area contributed by atoms with Gasteiger partial charge in [0.1, 0.15) is 6.61 Å². The van der Waals surface area contributed by atoms with Crippen LogP contribution in [0.1, 0.15) is 11.1 Å². The minimum absolute atomic E-state index is 0.183. The SMILES string of the molecule is N[C@@H](Cc1ccccc1)C(=O)N1C=CN(C(=O)OCc2ccccc2)C=C1. The van der Waals surface area contributed by atoms with Crippen LogP contribution in [-0.4, -0.2) is 27.8 Å². The zero-order valence-electron chi connectivity index (χ0n) is 14.8. The van der Waals surface area contributed by atoms with Gasteiger partial charge in [-0.15, -0.1) is 0 Å². The van der Waals surface area contributed by atoms with Crippen LogP contribution in [0.25, 0.3) is 0 Å². The van der Waals surface area contributed by atoms with Crippen molar-refractivity contribution in [3.05, 3.63) is 96.6 Å². The average Bonchev–Trinajstić information content (AvgIpc) is 2.73. The van der Waals surface area contributed by atoms with Gasteiger partial charge >= 0.3 is 6.09 Å². The fourth-order valence-corrected chi connectivity index (χ4v) is 2.60. The Morgan fingerprint density at radius 2 is 1.33 bits per heavy atom. The molecular weight excluding hydrogens is 342 g/mol. The van der Waals surface area contributed by atoms with Crippen molar-refractivity contribution in [3.8, 4) is 0 Å². The molecular formula is C21H21N3O3. The number of carbonyl (C=O) groups excluding carboxylic acids is 2. The second-order valence-electron chi connectivity index (χ2n) is 6.09. The molecule has 1 aliphatic heterocycles. The predicted octanol–water partition coefficient (Wildman–Crippen LogP) is 2.98. The van der Waals surface area contributed by atoms with Gasteiger partial charge in [0, 0.05) is 24.8 Å². The third kappa shape index (κ3) is 5.05. The third-order valence-electron chi connectivity index (χ3n) is 4.06. The number of hydrogen-bond acceptors (Lipinski definition) is 4. The number of rotatable bonds is 5. The molecule has 2 aromatic rings. The second-order valence-corrected chi connectivity index (χ2v) is 6.09. The second kappa shape index (κ2) is 8.82. The van der Waals surface area contributed by atoms with E-state index in [0.717, 1.165) is 11.1 Å². The molecule has 138 valence electrons. The van der Waals surface area contributed by atoms with Crippen molar-refractivity contribution >= 4 is 12.0 Å².